The molecule has 2 aromatic carbocycles. The number of likely N-dealkylation sites (tertiary alicyclic amines) is 1. The molecule has 1 aliphatic carbocycles. The van der Waals surface area contributed by atoms with Crippen LogP contribution in [0.4, 0.5) is 4.79 Å². The number of aromatic nitrogens is 1. The number of carbonyl (C=O) groups excluding carboxylic acids is 1. The lowest BCUT2D eigenvalue weighted by atomic mass is 10.0. The van der Waals surface area contributed by atoms with Gasteiger partial charge in [-0.25, -0.2) is 9.78 Å². The standard InChI is InChI=1S/C28H31N5O2S/c1-17(2)35-25-9-6-18(14-19(25)15-29)27-31-16-26(36-27)23-5-3-4-22-21(23)7-8-24(22)32-28(34)33-12-10-20(30)11-13-33/h3-6,9,14,16-17,20,24H,7-8,10-13,30H2,1-2H3,(H,32,34). The van der Waals surface area contributed by atoms with E-state index in [1.807, 2.05) is 43.1 Å². The van der Waals surface area contributed by atoms with Gasteiger partial charge in [0.2, 0.25) is 0 Å². The van der Waals surface area contributed by atoms with Crippen LogP contribution in [0.1, 0.15) is 55.8 Å². The van der Waals surface area contributed by atoms with Crippen molar-refractivity contribution in [3.05, 3.63) is 59.3 Å². The van der Waals surface area contributed by atoms with E-state index in [1.54, 1.807) is 11.3 Å². The molecule has 0 radical (unpaired) electrons. The summed E-state index contributed by atoms with van der Waals surface area (Å²) >= 11 is 1.61. The van der Waals surface area contributed by atoms with E-state index in [9.17, 15) is 10.1 Å². The third kappa shape index (κ3) is 4.95. The molecule has 1 aliphatic heterocycles. The van der Waals surface area contributed by atoms with Crippen molar-refractivity contribution in [1.82, 2.24) is 15.2 Å². The number of hydrogen-bond donors (Lipinski definition) is 2. The molecule has 3 aromatic rings. The van der Waals surface area contributed by atoms with Crippen molar-refractivity contribution >= 4 is 17.4 Å². The van der Waals surface area contributed by atoms with Crippen LogP contribution in [0.2, 0.25) is 0 Å². The molecule has 2 amide bonds. The fraction of sp³-hybridized carbons (Fsp3) is 0.393. The summed E-state index contributed by atoms with van der Waals surface area (Å²) in [5.41, 5.74) is 11.0. The maximum absolute atomic E-state index is 12.9. The van der Waals surface area contributed by atoms with Gasteiger partial charge in [-0.05, 0) is 74.4 Å². The molecule has 1 saturated heterocycles. The van der Waals surface area contributed by atoms with Crippen LogP contribution >= 0.6 is 11.3 Å². The average molecular weight is 502 g/mol. The number of amides is 2. The van der Waals surface area contributed by atoms with Gasteiger partial charge < -0.3 is 20.7 Å². The number of rotatable bonds is 5. The van der Waals surface area contributed by atoms with Crippen molar-refractivity contribution in [3.8, 4) is 32.8 Å². The number of piperidine rings is 1. The molecule has 36 heavy (non-hydrogen) atoms. The normalized spacial score (nSPS) is 17.6. The Kier molecular flexibility index (Phi) is 6.95. The van der Waals surface area contributed by atoms with Gasteiger partial charge in [-0.1, -0.05) is 18.2 Å². The number of hydrogen-bond acceptors (Lipinski definition) is 6. The third-order valence-electron chi connectivity index (χ3n) is 6.88. The molecule has 2 aliphatic rings. The summed E-state index contributed by atoms with van der Waals surface area (Å²) in [7, 11) is 0. The van der Waals surface area contributed by atoms with Crippen LogP contribution in [0.25, 0.3) is 21.0 Å². The molecule has 0 bridgehead atoms. The van der Waals surface area contributed by atoms with Crippen LogP contribution in [-0.2, 0) is 6.42 Å². The molecule has 186 valence electrons. The number of nitrogens with two attached hydrogens (primary N) is 1. The highest BCUT2D eigenvalue weighted by molar-refractivity contribution is 7.18. The second-order valence-electron chi connectivity index (χ2n) is 9.76. The molecule has 1 unspecified atom stereocenters. The molecule has 3 N–H and O–H groups in total. The van der Waals surface area contributed by atoms with E-state index in [4.69, 9.17) is 10.5 Å². The fourth-order valence-corrected chi connectivity index (χ4v) is 5.98. The van der Waals surface area contributed by atoms with Crippen LogP contribution in [0, 0.1) is 11.3 Å². The van der Waals surface area contributed by atoms with Crippen molar-refractivity contribution in [2.24, 2.45) is 5.73 Å². The molecular formula is C28H31N5O2S. The number of benzene rings is 2. The maximum Gasteiger partial charge on any atom is 0.317 e. The van der Waals surface area contributed by atoms with E-state index < -0.39 is 0 Å². The Labute approximate surface area is 215 Å². The van der Waals surface area contributed by atoms with Gasteiger partial charge >= 0.3 is 6.03 Å². The lowest BCUT2D eigenvalue weighted by molar-refractivity contribution is 0.178. The molecule has 1 aromatic heterocycles. The highest BCUT2D eigenvalue weighted by atomic mass is 32.1. The van der Waals surface area contributed by atoms with Gasteiger partial charge in [0.05, 0.1) is 22.6 Å². The first kappa shape index (κ1) is 24.3. The topological polar surface area (TPSA) is 104 Å². The van der Waals surface area contributed by atoms with E-state index in [0.29, 0.717) is 24.4 Å². The van der Waals surface area contributed by atoms with Gasteiger partial charge in [-0.2, -0.15) is 5.26 Å². The number of urea groups is 1. The summed E-state index contributed by atoms with van der Waals surface area (Å²) < 4.78 is 5.75. The first-order valence-corrected chi connectivity index (χ1v) is 13.3. The third-order valence-corrected chi connectivity index (χ3v) is 7.96. The van der Waals surface area contributed by atoms with Crippen molar-refractivity contribution in [1.29, 1.82) is 5.26 Å². The smallest absolute Gasteiger partial charge is 0.317 e. The highest BCUT2D eigenvalue weighted by Gasteiger charge is 2.29. The summed E-state index contributed by atoms with van der Waals surface area (Å²) in [5.74, 6) is 0.592. The van der Waals surface area contributed by atoms with E-state index in [-0.39, 0.29) is 24.2 Å². The van der Waals surface area contributed by atoms with Gasteiger partial charge in [-0.3, -0.25) is 0 Å². The molecule has 0 spiro atoms. The zero-order chi connectivity index (χ0) is 25.2. The van der Waals surface area contributed by atoms with Crippen LogP contribution in [0.5, 0.6) is 5.75 Å². The Morgan fingerprint density at radius 1 is 1.25 bits per heavy atom. The number of nitriles is 1. The quantitative estimate of drug-likeness (QED) is 0.496. The van der Waals surface area contributed by atoms with Crippen LogP contribution in [-0.4, -0.2) is 41.2 Å². The fourth-order valence-electron chi connectivity index (χ4n) is 5.02. The zero-order valence-corrected chi connectivity index (χ0v) is 21.5. The first-order chi connectivity index (χ1) is 17.4. The van der Waals surface area contributed by atoms with Gasteiger partial charge in [0, 0.05) is 30.9 Å². The van der Waals surface area contributed by atoms with E-state index in [0.717, 1.165) is 46.7 Å². The van der Waals surface area contributed by atoms with Crippen molar-refractivity contribution in [3.63, 3.8) is 0 Å². The number of thiazole rings is 1. The minimum Gasteiger partial charge on any atom is -0.490 e. The molecule has 1 fully saturated rings. The number of nitrogens with zero attached hydrogens (tertiary/aromatic N) is 3. The molecular weight excluding hydrogens is 470 g/mol. The summed E-state index contributed by atoms with van der Waals surface area (Å²) in [5, 5.41) is 13.7. The Morgan fingerprint density at radius 3 is 2.81 bits per heavy atom. The summed E-state index contributed by atoms with van der Waals surface area (Å²) in [6, 6.07) is 14.4. The Morgan fingerprint density at radius 2 is 2.06 bits per heavy atom. The molecule has 1 atom stereocenters. The second kappa shape index (κ2) is 10.3. The largest absolute Gasteiger partial charge is 0.490 e. The maximum atomic E-state index is 12.9. The Bertz CT molecular complexity index is 1300. The minimum absolute atomic E-state index is 0.00125. The lowest BCUT2D eigenvalue weighted by Crippen LogP contribution is -2.47. The Balaban J connectivity index is 1.35. The summed E-state index contributed by atoms with van der Waals surface area (Å²) in [6.07, 6.45) is 5.42. The highest BCUT2D eigenvalue weighted by Crippen LogP contribution is 2.41. The van der Waals surface area contributed by atoms with Gasteiger partial charge in [0.15, 0.2) is 0 Å². The van der Waals surface area contributed by atoms with Crippen LogP contribution in [0.15, 0.2) is 42.6 Å². The number of nitrogens with one attached hydrogen (secondary N) is 1. The predicted octanol–water partition coefficient (Wildman–Crippen LogP) is 5.26. The molecule has 8 heteroatoms. The van der Waals surface area contributed by atoms with Crippen molar-refractivity contribution in [2.75, 3.05) is 13.1 Å². The van der Waals surface area contributed by atoms with Crippen molar-refractivity contribution in [2.45, 2.75) is 57.7 Å². The van der Waals surface area contributed by atoms with E-state index in [1.165, 1.54) is 11.1 Å². The average Bonchev–Trinajstić information content (AvgIpc) is 3.52. The molecule has 5 rings (SSSR count). The van der Waals surface area contributed by atoms with Gasteiger partial charge in [-0.15, -0.1) is 11.3 Å². The summed E-state index contributed by atoms with van der Waals surface area (Å²) in [6.45, 7) is 5.32. The van der Waals surface area contributed by atoms with Crippen LogP contribution < -0.4 is 15.8 Å². The van der Waals surface area contributed by atoms with Crippen molar-refractivity contribution < 1.29 is 9.53 Å². The molecule has 0 saturated carbocycles. The minimum atomic E-state index is 0.00125. The Hall–Kier alpha value is -3.41. The van der Waals surface area contributed by atoms with E-state index in [2.05, 4.69) is 34.6 Å². The first-order valence-electron chi connectivity index (χ1n) is 12.5. The number of ether oxygens (including phenoxy) is 1. The molecule has 2 heterocycles. The second-order valence-corrected chi connectivity index (χ2v) is 10.8. The number of carbonyl (C=O) groups is 1. The molecule has 7 nitrogen and oxygen atoms in total. The SMILES string of the molecule is CC(C)Oc1ccc(-c2ncc(-c3cccc4c3CCC4NC(=O)N3CCC(N)CC3)s2)cc1C#N. The van der Waals surface area contributed by atoms with Crippen LogP contribution in [0.3, 0.4) is 0 Å². The monoisotopic (exact) mass is 501 g/mol. The number of fused-ring (bicyclic) bond motifs is 1. The van der Waals surface area contributed by atoms with Gasteiger partial charge in [0.25, 0.3) is 0 Å². The van der Waals surface area contributed by atoms with Gasteiger partial charge in [0.1, 0.15) is 16.8 Å². The lowest BCUT2D eigenvalue weighted by Gasteiger charge is -2.31. The predicted molar refractivity (Wildman–Crippen MR) is 142 cm³/mol. The summed E-state index contributed by atoms with van der Waals surface area (Å²) in [4.78, 5) is 20.5. The van der Waals surface area contributed by atoms with E-state index >= 15 is 0 Å². The zero-order valence-electron chi connectivity index (χ0n) is 20.7.